The lowest BCUT2D eigenvalue weighted by molar-refractivity contribution is 0.0646. The topological polar surface area (TPSA) is 38.3 Å². The monoisotopic (exact) mass is 387 g/mol. The standard InChI is InChI=1S/C15H15BrClNO2S/c1-9(18-15(19)14-12(16)7-8-21-14)13(20-2)10-3-5-11(17)6-4-10/h3-9,13H,1-2H3,(H,18,19)/t9-,13+/m0/s1. The predicted octanol–water partition coefficient (Wildman–Crippen LogP) is 4.67. The second-order valence-corrected chi connectivity index (χ2v) is 6.77. The molecule has 1 heterocycles. The summed E-state index contributed by atoms with van der Waals surface area (Å²) in [4.78, 5) is 12.9. The first-order chi connectivity index (χ1) is 10.0. The van der Waals surface area contributed by atoms with Crippen LogP contribution in [0.5, 0.6) is 0 Å². The molecule has 0 spiro atoms. The summed E-state index contributed by atoms with van der Waals surface area (Å²) in [6.45, 7) is 1.92. The number of ether oxygens (including phenoxy) is 1. The first-order valence-corrected chi connectivity index (χ1v) is 8.40. The van der Waals surface area contributed by atoms with Crippen LogP contribution in [0.15, 0.2) is 40.2 Å². The van der Waals surface area contributed by atoms with Crippen LogP contribution in [0.2, 0.25) is 5.02 Å². The van der Waals surface area contributed by atoms with Gasteiger partial charge in [0.05, 0.1) is 6.04 Å². The van der Waals surface area contributed by atoms with Gasteiger partial charge in [0.15, 0.2) is 0 Å². The van der Waals surface area contributed by atoms with Gasteiger partial charge >= 0.3 is 0 Å². The number of carbonyl (C=O) groups is 1. The van der Waals surface area contributed by atoms with E-state index >= 15 is 0 Å². The van der Waals surface area contributed by atoms with Crippen LogP contribution < -0.4 is 5.32 Å². The lowest BCUT2D eigenvalue weighted by Gasteiger charge is -2.24. The number of amides is 1. The number of nitrogens with one attached hydrogen (secondary N) is 1. The molecule has 0 unspecified atom stereocenters. The molecule has 2 atom stereocenters. The van der Waals surface area contributed by atoms with Crippen LogP contribution in [0.3, 0.4) is 0 Å². The Morgan fingerprint density at radius 3 is 2.52 bits per heavy atom. The summed E-state index contributed by atoms with van der Waals surface area (Å²) >= 11 is 10.7. The van der Waals surface area contributed by atoms with Gasteiger partial charge in [-0.25, -0.2) is 0 Å². The molecule has 0 aliphatic carbocycles. The molecule has 2 rings (SSSR count). The molecule has 0 saturated heterocycles. The van der Waals surface area contributed by atoms with Crippen molar-refractivity contribution >= 4 is 44.8 Å². The van der Waals surface area contributed by atoms with E-state index in [0.717, 1.165) is 10.0 Å². The molecule has 0 aliphatic heterocycles. The summed E-state index contributed by atoms with van der Waals surface area (Å²) in [6, 6.07) is 9.12. The maximum Gasteiger partial charge on any atom is 0.262 e. The van der Waals surface area contributed by atoms with Crippen LogP contribution in [0.25, 0.3) is 0 Å². The van der Waals surface area contributed by atoms with Crippen LogP contribution >= 0.6 is 38.9 Å². The van der Waals surface area contributed by atoms with Crippen LogP contribution in [-0.2, 0) is 4.74 Å². The van der Waals surface area contributed by atoms with Gasteiger partial charge in [-0.05, 0) is 52.0 Å². The van der Waals surface area contributed by atoms with Crippen molar-refractivity contribution in [3.8, 4) is 0 Å². The fourth-order valence-corrected chi connectivity index (χ4v) is 3.67. The Morgan fingerprint density at radius 1 is 1.33 bits per heavy atom. The molecule has 0 bridgehead atoms. The number of carbonyl (C=O) groups excluding carboxylic acids is 1. The molecule has 2 aromatic rings. The van der Waals surface area contributed by atoms with Gasteiger partial charge < -0.3 is 10.1 Å². The average Bonchev–Trinajstić information content (AvgIpc) is 2.88. The van der Waals surface area contributed by atoms with E-state index in [0.29, 0.717) is 9.90 Å². The molecule has 3 nitrogen and oxygen atoms in total. The predicted molar refractivity (Wildman–Crippen MR) is 90.1 cm³/mol. The van der Waals surface area contributed by atoms with E-state index in [1.165, 1.54) is 11.3 Å². The molecule has 0 fully saturated rings. The quantitative estimate of drug-likeness (QED) is 0.808. The van der Waals surface area contributed by atoms with Crippen molar-refractivity contribution in [1.82, 2.24) is 5.32 Å². The van der Waals surface area contributed by atoms with Gasteiger partial charge in [-0.3, -0.25) is 4.79 Å². The first kappa shape index (κ1) is 16.5. The Labute approximate surface area is 141 Å². The summed E-state index contributed by atoms with van der Waals surface area (Å²) in [5, 5.41) is 5.52. The van der Waals surface area contributed by atoms with Crippen LogP contribution in [0.4, 0.5) is 0 Å². The smallest absolute Gasteiger partial charge is 0.262 e. The summed E-state index contributed by atoms with van der Waals surface area (Å²) in [5.74, 6) is -0.111. The Hall–Kier alpha value is -0.880. The van der Waals surface area contributed by atoms with Crippen LogP contribution in [0.1, 0.15) is 28.3 Å². The van der Waals surface area contributed by atoms with E-state index in [1.54, 1.807) is 7.11 Å². The normalized spacial score (nSPS) is 13.7. The first-order valence-electron chi connectivity index (χ1n) is 6.35. The van der Waals surface area contributed by atoms with E-state index in [9.17, 15) is 4.79 Å². The van der Waals surface area contributed by atoms with Gasteiger partial charge in [-0.1, -0.05) is 23.7 Å². The molecule has 1 amide bonds. The number of hydrogen-bond donors (Lipinski definition) is 1. The highest BCUT2D eigenvalue weighted by Gasteiger charge is 2.22. The fraction of sp³-hybridized carbons (Fsp3) is 0.267. The largest absolute Gasteiger partial charge is 0.375 e. The Morgan fingerprint density at radius 2 is 2.00 bits per heavy atom. The van der Waals surface area contributed by atoms with Crippen LogP contribution in [-0.4, -0.2) is 19.1 Å². The minimum absolute atomic E-state index is 0.111. The van der Waals surface area contributed by atoms with E-state index < -0.39 is 0 Å². The van der Waals surface area contributed by atoms with Gasteiger partial charge in [0.1, 0.15) is 11.0 Å². The van der Waals surface area contributed by atoms with Crippen molar-refractivity contribution < 1.29 is 9.53 Å². The number of hydrogen-bond acceptors (Lipinski definition) is 3. The van der Waals surface area contributed by atoms with E-state index in [-0.39, 0.29) is 18.1 Å². The highest BCUT2D eigenvalue weighted by molar-refractivity contribution is 9.10. The average molecular weight is 389 g/mol. The Balaban J connectivity index is 2.10. The maximum atomic E-state index is 12.2. The highest BCUT2D eigenvalue weighted by Crippen LogP contribution is 2.25. The summed E-state index contributed by atoms with van der Waals surface area (Å²) in [6.07, 6.45) is -0.232. The third kappa shape index (κ3) is 4.07. The summed E-state index contributed by atoms with van der Waals surface area (Å²) < 4.78 is 6.32. The lowest BCUT2D eigenvalue weighted by Crippen LogP contribution is -2.37. The maximum absolute atomic E-state index is 12.2. The molecule has 1 aromatic heterocycles. The number of rotatable bonds is 5. The number of benzene rings is 1. The minimum atomic E-state index is -0.232. The molecule has 1 aromatic carbocycles. The van der Waals surface area contributed by atoms with Crippen molar-refractivity contribution in [1.29, 1.82) is 0 Å². The molecule has 1 N–H and O–H groups in total. The third-order valence-electron chi connectivity index (χ3n) is 3.09. The number of thiophene rings is 1. The third-order valence-corrected chi connectivity index (χ3v) is 5.18. The number of methoxy groups -OCH3 is 1. The molecular formula is C15H15BrClNO2S. The molecule has 0 aliphatic rings. The molecule has 112 valence electrons. The van der Waals surface area contributed by atoms with Gasteiger partial charge in [0, 0.05) is 16.6 Å². The van der Waals surface area contributed by atoms with Crippen LogP contribution in [0, 0.1) is 0 Å². The van der Waals surface area contributed by atoms with Crippen molar-refractivity contribution in [2.45, 2.75) is 19.1 Å². The zero-order valence-corrected chi connectivity index (χ0v) is 14.8. The molecule has 0 saturated carbocycles. The second-order valence-electron chi connectivity index (χ2n) is 4.57. The SMILES string of the molecule is CO[C@@H](c1ccc(Cl)cc1)[C@H](C)NC(=O)c1sccc1Br. The van der Waals surface area contributed by atoms with Gasteiger partial charge in [-0.2, -0.15) is 0 Å². The molecular weight excluding hydrogens is 374 g/mol. The zero-order chi connectivity index (χ0) is 15.4. The summed E-state index contributed by atoms with van der Waals surface area (Å²) in [7, 11) is 1.63. The molecule has 21 heavy (non-hydrogen) atoms. The van der Waals surface area contributed by atoms with E-state index in [1.807, 2.05) is 42.6 Å². The second kappa shape index (κ2) is 7.40. The minimum Gasteiger partial charge on any atom is -0.375 e. The van der Waals surface area contributed by atoms with Crippen molar-refractivity contribution in [2.24, 2.45) is 0 Å². The lowest BCUT2D eigenvalue weighted by atomic mass is 10.0. The number of halogens is 2. The van der Waals surface area contributed by atoms with Crippen molar-refractivity contribution in [2.75, 3.05) is 7.11 Å². The highest BCUT2D eigenvalue weighted by atomic mass is 79.9. The van der Waals surface area contributed by atoms with Crippen molar-refractivity contribution in [3.05, 3.63) is 55.6 Å². The van der Waals surface area contributed by atoms with Gasteiger partial charge in [-0.15, -0.1) is 11.3 Å². The Kier molecular flexibility index (Phi) is 5.81. The molecule has 6 heteroatoms. The van der Waals surface area contributed by atoms with Gasteiger partial charge in [0.2, 0.25) is 0 Å². The van der Waals surface area contributed by atoms with E-state index in [2.05, 4.69) is 21.2 Å². The Bertz CT molecular complexity index is 614. The summed E-state index contributed by atoms with van der Waals surface area (Å²) in [5.41, 5.74) is 0.972. The van der Waals surface area contributed by atoms with E-state index in [4.69, 9.17) is 16.3 Å². The zero-order valence-electron chi connectivity index (χ0n) is 11.6. The van der Waals surface area contributed by atoms with Gasteiger partial charge in [0.25, 0.3) is 5.91 Å². The fourth-order valence-electron chi connectivity index (χ4n) is 2.09. The van der Waals surface area contributed by atoms with Crippen molar-refractivity contribution in [3.63, 3.8) is 0 Å². The molecule has 0 radical (unpaired) electrons.